The summed E-state index contributed by atoms with van der Waals surface area (Å²) in [5.41, 5.74) is 0.628. The standard InChI is InChI=1S/C21H14ClFN4O9S3/c1-10-19(22)20(25-21(23)24-10)11-2-4-12(5-3-11)26-27-13-6-15-16(17(7-13)38(31,32)33)8-14(37(28,29)30)9-18(15)39(34,35)36/h2-9H,1H3,(H,28,29,30)(H,31,32,33)(H,34,35,36). The average molecular weight is 617 g/mol. The number of azo groups is 1. The van der Waals surface area contributed by atoms with Gasteiger partial charge in [0.2, 0.25) is 0 Å². The van der Waals surface area contributed by atoms with Crippen LogP contribution in [-0.4, -0.2) is 48.9 Å². The highest BCUT2D eigenvalue weighted by molar-refractivity contribution is 7.87. The van der Waals surface area contributed by atoms with Crippen LogP contribution in [0.3, 0.4) is 0 Å². The minimum absolute atomic E-state index is 0.125. The van der Waals surface area contributed by atoms with Crippen LogP contribution in [0, 0.1) is 13.0 Å². The zero-order chi connectivity index (χ0) is 28.9. The number of aryl methyl sites for hydroxylation is 1. The van der Waals surface area contributed by atoms with Gasteiger partial charge in [-0.1, -0.05) is 23.7 Å². The number of hydrogen-bond donors (Lipinski definition) is 3. The molecule has 0 aliphatic heterocycles. The molecule has 39 heavy (non-hydrogen) atoms. The van der Waals surface area contributed by atoms with Gasteiger partial charge in [0.05, 0.1) is 32.7 Å². The third kappa shape index (κ3) is 6.09. The van der Waals surface area contributed by atoms with Crippen molar-refractivity contribution in [2.24, 2.45) is 10.2 Å². The molecule has 0 fully saturated rings. The van der Waals surface area contributed by atoms with Gasteiger partial charge in [0, 0.05) is 16.3 Å². The summed E-state index contributed by atoms with van der Waals surface area (Å²) in [7, 11) is -15.3. The maximum absolute atomic E-state index is 13.6. The number of aromatic nitrogens is 2. The number of benzene rings is 3. The Morgan fingerprint density at radius 2 is 1.28 bits per heavy atom. The number of rotatable bonds is 6. The fourth-order valence-electron chi connectivity index (χ4n) is 3.51. The zero-order valence-electron chi connectivity index (χ0n) is 19.2. The Morgan fingerprint density at radius 1 is 0.744 bits per heavy atom. The first kappa shape index (κ1) is 28.6. The first-order valence-electron chi connectivity index (χ1n) is 10.2. The van der Waals surface area contributed by atoms with Crippen LogP contribution < -0.4 is 0 Å². The molecule has 4 rings (SSSR count). The topological polar surface area (TPSA) is 214 Å². The van der Waals surface area contributed by atoms with Crippen LogP contribution in [0.5, 0.6) is 0 Å². The fourth-order valence-corrected chi connectivity index (χ4v) is 5.75. The highest BCUT2D eigenvalue weighted by Crippen LogP contribution is 2.36. The number of nitrogens with zero attached hydrogens (tertiary/aromatic N) is 4. The van der Waals surface area contributed by atoms with Crippen LogP contribution in [-0.2, 0) is 30.4 Å². The SMILES string of the molecule is Cc1nc(F)nc(-c2ccc(N=Nc3cc(S(=O)(=O)O)c4cc(S(=O)(=O)O)cc(S(=O)(=O)O)c4c3)cc2)c1Cl. The van der Waals surface area contributed by atoms with E-state index in [-0.39, 0.29) is 27.8 Å². The summed E-state index contributed by atoms with van der Waals surface area (Å²) in [4.78, 5) is 4.08. The minimum atomic E-state index is -5.17. The number of halogens is 2. The molecule has 0 aliphatic rings. The van der Waals surface area contributed by atoms with Crippen LogP contribution in [0.2, 0.25) is 5.02 Å². The molecular weight excluding hydrogens is 603 g/mol. The Hall–Kier alpha value is -3.45. The molecule has 4 aromatic rings. The molecule has 0 spiro atoms. The smallest absolute Gasteiger partial charge is 0.282 e. The van der Waals surface area contributed by atoms with E-state index in [1.165, 1.54) is 31.2 Å². The molecular formula is C21H14ClFN4O9S3. The number of fused-ring (bicyclic) bond motifs is 1. The summed E-state index contributed by atoms with van der Waals surface area (Å²) >= 11 is 6.15. The second-order valence-electron chi connectivity index (χ2n) is 7.87. The van der Waals surface area contributed by atoms with Crippen molar-refractivity contribution in [3.8, 4) is 11.3 Å². The van der Waals surface area contributed by atoms with Gasteiger partial charge in [0.1, 0.15) is 9.79 Å². The third-order valence-electron chi connectivity index (χ3n) is 5.22. The second kappa shape index (κ2) is 9.94. The summed E-state index contributed by atoms with van der Waals surface area (Å²) in [5.74, 6) is 0. The van der Waals surface area contributed by atoms with Gasteiger partial charge in [0.25, 0.3) is 30.4 Å². The van der Waals surface area contributed by atoms with E-state index in [0.29, 0.717) is 17.7 Å². The lowest BCUT2D eigenvalue weighted by Crippen LogP contribution is -2.07. The summed E-state index contributed by atoms with van der Waals surface area (Å²) in [6.07, 6.45) is -0.977. The highest BCUT2D eigenvalue weighted by Gasteiger charge is 2.25. The first-order chi connectivity index (χ1) is 17.9. The predicted molar refractivity (Wildman–Crippen MR) is 135 cm³/mol. The van der Waals surface area contributed by atoms with Crippen molar-refractivity contribution in [2.45, 2.75) is 21.6 Å². The van der Waals surface area contributed by atoms with Crippen molar-refractivity contribution >= 4 is 64.1 Å². The Balaban J connectivity index is 1.85. The largest absolute Gasteiger partial charge is 0.309 e. The lowest BCUT2D eigenvalue weighted by molar-refractivity contribution is 0.478. The molecule has 3 N–H and O–H groups in total. The van der Waals surface area contributed by atoms with Gasteiger partial charge in [-0.25, -0.2) is 9.97 Å². The summed E-state index contributed by atoms with van der Waals surface area (Å²) < 4.78 is 114. The molecule has 204 valence electrons. The molecule has 0 bridgehead atoms. The average Bonchev–Trinajstić information content (AvgIpc) is 2.82. The van der Waals surface area contributed by atoms with E-state index >= 15 is 0 Å². The molecule has 1 aromatic heterocycles. The molecule has 0 saturated carbocycles. The van der Waals surface area contributed by atoms with E-state index in [4.69, 9.17) is 11.6 Å². The normalized spacial score (nSPS) is 12.9. The predicted octanol–water partition coefficient (Wildman–Crippen LogP) is 4.55. The van der Waals surface area contributed by atoms with Gasteiger partial charge in [0.15, 0.2) is 0 Å². The van der Waals surface area contributed by atoms with E-state index in [0.717, 1.165) is 12.1 Å². The second-order valence-corrected chi connectivity index (χ2v) is 12.5. The molecule has 3 aromatic carbocycles. The third-order valence-corrected chi connectivity index (χ3v) is 8.29. The van der Waals surface area contributed by atoms with Gasteiger partial charge in [-0.3, -0.25) is 13.7 Å². The highest BCUT2D eigenvalue weighted by atomic mass is 35.5. The lowest BCUT2D eigenvalue weighted by atomic mass is 10.1. The monoisotopic (exact) mass is 616 g/mol. The van der Waals surface area contributed by atoms with E-state index in [9.17, 15) is 43.3 Å². The Bertz CT molecular complexity index is 2020. The minimum Gasteiger partial charge on any atom is -0.282 e. The quantitative estimate of drug-likeness (QED) is 0.155. The van der Waals surface area contributed by atoms with Gasteiger partial charge < -0.3 is 0 Å². The lowest BCUT2D eigenvalue weighted by Gasteiger charge is -2.11. The van der Waals surface area contributed by atoms with Gasteiger partial charge in [-0.05, 0) is 43.3 Å². The van der Waals surface area contributed by atoms with E-state index in [1.54, 1.807) is 0 Å². The fraction of sp³-hybridized carbons (Fsp3) is 0.0476. The van der Waals surface area contributed by atoms with Crippen LogP contribution in [0.15, 0.2) is 73.4 Å². The molecule has 13 nitrogen and oxygen atoms in total. The first-order valence-corrected chi connectivity index (χ1v) is 14.9. The van der Waals surface area contributed by atoms with Crippen molar-refractivity contribution in [3.63, 3.8) is 0 Å². The molecule has 0 saturated heterocycles. The Morgan fingerprint density at radius 3 is 1.85 bits per heavy atom. The van der Waals surface area contributed by atoms with Crippen molar-refractivity contribution in [1.29, 1.82) is 0 Å². The van der Waals surface area contributed by atoms with Crippen molar-refractivity contribution in [3.05, 3.63) is 65.3 Å². The van der Waals surface area contributed by atoms with Gasteiger partial charge in [-0.2, -0.15) is 39.9 Å². The van der Waals surface area contributed by atoms with Crippen LogP contribution >= 0.6 is 11.6 Å². The summed E-state index contributed by atoms with van der Waals surface area (Å²) in [6, 6.07) is 8.56. The van der Waals surface area contributed by atoms with Gasteiger partial charge in [-0.15, -0.1) is 0 Å². The number of hydrogen-bond acceptors (Lipinski definition) is 10. The van der Waals surface area contributed by atoms with Crippen molar-refractivity contribution in [2.75, 3.05) is 0 Å². The molecule has 1 heterocycles. The molecule has 0 amide bonds. The van der Waals surface area contributed by atoms with Crippen molar-refractivity contribution in [1.82, 2.24) is 9.97 Å². The maximum atomic E-state index is 13.6. The van der Waals surface area contributed by atoms with Crippen LogP contribution in [0.4, 0.5) is 15.8 Å². The van der Waals surface area contributed by atoms with Gasteiger partial charge >= 0.3 is 6.08 Å². The summed E-state index contributed by atoms with van der Waals surface area (Å²) in [6.45, 7) is 1.50. The Labute approximate surface area is 225 Å². The Kier molecular flexibility index (Phi) is 7.28. The molecule has 0 radical (unpaired) electrons. The van der Waals surface area contributed by atoms with Crippen LogP contribution in [0.25, 0.3) is 22.0 Å². The summed E-state index contributed by atoms with van der Waals surface area (Å²) in [5, 5.41) is 6.69. The zero-order valence-corrected chi connectivity index (χ0v) is 22.4. The van der Waals surface area contributed by atoms with E-state index in [1.807, 2.05) is 0 Å². The van der Waals surface area contributed by atoms with Crippen molar-refractivity contribution < 1.29 is 43.3 Å². The molecule has 0 unspecified atom stereocenters. The molecule has 0 atom stereocenters. The molecule has 0 aliphatic carbocycles. The van der Waals surface area contributed by atoms with E-state index < -0.39 is 61.9 Å². The van der Waals surface area contributed by atoms with E-state index in [2.05, 4.69) is 20.2 Å². The van der Waals surface area contributed by atoms with Crippen LogP contribution in [0.1, 0.15) is 5.69 Å². The molecule has 18 heteroatoms. The maximum Gasteiger partial charge on any atom is 0.309 e.